The Morgan fingerprint density at radius 3 is 2.15 bits per heavy atom. The lowest BCUT2D eigenvalue weighted by molar-refractivity contribution is 0.190. The molecule has 0 saturated carbocycles. The van der Waals surface area contributed by atoms with Gasteiger partial charge in [-0.2, -0.15) is 0 Å². The second-order valence-electron chi connectivity index (χ2n) is 5.52. The first-order chi connectivity index (χ1) is 9.49. The van der Waals surface area contributed by atoms with Crippen LogP contribution in [0.3, 0.4) is 0 Å². The summed E-state index contributed by atoms with van der Waals surface area (Å²) < 4.78 is 0. The number of anilines is 1. The molecule has 1 atom stereocenters. The van der Waals surface area contributed by atoms with Gasteiger partial charge in [-0.3, -0.25) is 0 Å². The summed E-state index contributed by atoms with van der Waals surface area (Å²) in [4.78, 5) is 0. The Labute approximate surface area is 121 Å². The molecule has 2 heteroatoms. The van der Waals surface area contributed by atoms with Crippen molar-refractivity contribution in [3.05, 3.63) is 64.2 Å². The number of hydrogen-bond donors (Lipinski definition) is 2. The molecule has 0 amide bonds. The summed E-state index contributed by atoms with van der Waals surface area (Å²) in [5.41, 5.74) is 6.86. The molecule has 0 saturated heterocycles. The van der Waals surface area contributed by atoms with Gasteiger partial charge in [-0.1, -0.05) is 35.9 Å². The summed E-state index contributed by atoms with van der Waals surface area (Å²) in [7, 11) is 0. The van der Waals surface area contributed by atoms with Gasteiger partial charge in [-0.15, -0.1) is 0 Å². The van der Waals surface area contributed by atoms with E-state index < -0.39 is 6.10 Å². The van der Waals surface area contributed by atoms with Crippen molar-refractivity contribution in [1.82, 2.24) is 0 Å². The predicted octanol–water partition coefficient (Wildman–Crippen LogP) is 4.07. The number of aliphatic hydroxyl groups is 1. The lowest BCUT2D eigenvalue weighted by Gasteiger charge is -2.19. The van der Waals surface area contributed by atoms with Gasteiger partial charge in [0.25, 0.3) is 0 Å². The van der Waals surface area contributed by atoms with Crippen molar-refractivity contribution in [2.45, 2.75) is 33.8 Å². The maximum Gasteiger partial charge on any atom is 0.0967 e. The molecule has 0 fully saturated rings. The van der Waals surface area contributed by atoms with E-state index in [-0.39, 0.29) is 0 Å². The fourth-order valence-corrected chi connectivity index (χ4v) is 2.80. The van der Waals surface area contributed by atoms with E-state index in [1.807, 2.05) is 18.2 Å². The van der Waals surface area contributed by atoms with Crippen molar-refractivity contribution in [2.75, 3.05) is 11.9 Å². The minimum atomic E-state index is -0.491. The van der Waals surface area contributed by atoms with Crippen LogP contribution in [0.25, 0.3) is 0 Å². The van der Waals surface area contributed by atoms with Gasteiger partial charge in [-0.25, -0.2) is 0 Å². The highest BCUT2D eigenvalue weighted by molar-refractivity contribution is 5.50. The highest BCUT2D eigenvalue weighted by Gasteiger charge is 2.13. The number of aliphatic hydroxyl groups excluding tert-OH is 1. The fraction of sp³-hybridized carbons (Fsp3) is 0.333. The van der Waals surface area contributed by atoms with E-state index in [1.54, 1.807) is 0 Å². The van der Waals surface area contributed by atoms with Crippen LogP contribution in [-0.2, 0) is 0 Å². The first kappa shape index (κ1) is 14.6. The highest BCUT2D eigenvalue weighted by Crippen LogP contribution is 2.24. The molecule has 0 bridgehead atoms. The van der Waals surface area contributed by atoms with Crippen LogP contribution in [0.5, 0.6) is 0 Å². The lowest BCUT2D eigenvalue weighted by atomic mass is 9.95. The van der Waals surface area contributed by atoms with Crippen LogP contribution in [-0.4, -0.2) is 11.7 Å². The Morgan fingerprint density at radius 2 is 1.55 bits per heavy atom. The monoisotopic (exact) mass is 269 g/mol. The molecule has 106 valence electrons. The van der Waals surface area contributed by atoms with Gasteiger partial charge >= 0.3 is 0 Å². The van der Waals surface area contributed by atoms with Crippen LogP contribution in [0.2, 0.25) is 0 Å². The number of aryl methyl sites for hydroxylation is 4. The molecule has 0 aliphatic heterocycles. The van der Waals surface area contributed by atoms with E-state index >= 15 is 0 Å². The molecular formula is C18H23NO. The summed E-state index contributed by atoms with van der Waals surface area (Å²) in [6.45, 7) is 8.80. The largest absolute Gasteiger partial charge is 0.387 e. The number of nitrogens with one attached hydrogen (secondary N) is 1. The smallest absolute Gasteiger partial charge is 0.0967 e. The molecule has 0 aromatic heterocycles. The molecule has 2 N–H and O–H groups in total. The van der Waals surface area contributed by atoms with Gasteiger partial charge in [0, 0.05) is 12.2 Å². The highest BCUT2D eigenvalue weighted by atomic mass is 16.3. The maximum atomic E-state index is 10.5. The van der Waals surface area contributed by atoms with Gasteiger partial charge in [0.1, 0.15) is 0 Å². The number of hydrogen-bond acceptors (Lipinski definition) is 2. The Kier molecular flexibility index (Phi) is 4.46. The SMILES string of the molecule is Cc1cc(C)c(C(O)CNc2ccccc2C)c(C)c1. The lowest BCUT2D eigenvalue weighted by Crippen LogP contribution is -2.15. The molecule has 0 aliphatic rings. The third-order valence-electron chi connectivity index (χ3n) is 3.70. The second kappa shape index (κ2) is 6.10. The summed E-state index contributed by atoms with van der Waals surface area (Å²) in [6, 6.07) is 12.4. The summed E-state index contributed by atoms with van der Waals surface area (Å²) >= 11 is 0. The van der Waals surface area contributed by atoms with E-state index in [0.717, 1.165) is 22.4 Å². The second-order valence-corrected chi connectivity index (χ2v) is 5.52. The van der Waals surface area contributed by atoms with E-state index in [2.05, 4.69) is 51.2 Å². The van der Waals surface area contributed by atoms with E-state index in [0.29, 0.717) is 6.54 Å². The molecule has 0 heterocycles. The molecule has 2 aromatic carbocycles. The van der Waals surface area contributed by atoms with Gasteiger partial charge < -0.3 is 10.4 Å². The molecule has 20 heavy (non-hydrogen) atoms. The number of para-hydroxylation sites is 1. The normalized spacial score (nSPS) is 12.2. The van der Waals surface area contributed by atoms with Crippen LogP contribution in [0.1, 0.15) is 33.9 Å². The molecule has 0 aliphatic carbocycles. The quantitative estimate of drug-likeness (QED) is 0.877. The standard InChI is InChI=1S/C18H23NO/c1-12-9-14(3)18(15(4)10-12)17(20)11-19-16-8-6-5-7-13(16)2/h5-10,17,19-20H,11H2,1-4H3. The molecular weight excluding hydrogens is 246 g/mol. The summed E-state index contributed by atoms with van der Waals surface area (Å²) in [5, 5.41) is 13.8. The third kappa shape index (κ3) is 3.20. The van der Waals surface area contributed by atoms with E-state index in [9.17, 15) is 5.11 Å². The van der Waals surface area contributed by atoms with Crippen molar-refractivity contribution in [3.63, 3.8) is 0 Å². The van der Waals surface area contributed by atoms with Crippen molar-refractivity contribution in [3.8, 4) is 0 Å². The zero-order valence-electron chi connectivity index (χ0n) is 12.7. The fourth-order valence-electron chi connectivity index (χ4n) is 2.80. The van der Waals surface area contributed by atoms with Crippen molar-refractivity contribution >= 4 is 5.69 Å². The Hall–Kier alpha value is -1.80. The van der Waals surface area contributed by atoms with Crippen molar-refractivity contribution in [1.29, 1.82) is 0 Å². The van der Waals surface area contributed by atoms with Crippen LogP contribution in [0, 0.1) is 27.7 Å². The van der Waals surface area contributed by atoms with Crippen LogP contribution in [0.15, 0.2) is 36.4 Å². The molecule has 1 unspecified atom stereocenters. The Morgan fingerprint density at radius 1 is 0.950 bits per heavy atom. The van der Waals surface area contributed by atoms with Crippen molar-refractivity contribution < 1.29 is 5.11 Å². The Bertz CT molecular complexity index is 581. The summed E-state index contributed by atoms with van der Waals surface area (Å²) in [6.07, 6.45) is -0.491. The van der Waals surface area contributed by atoms with Gasteiger partial charge in [0.2, 0.25) is 0 Å². The average molecular weight is 269 g/mol. The molecule has 0 spiro atoms. The van der Waals surface area contributed by atoms with Gasteiger partial charge in [0.15, 0.2) is 0 Å². The molecule has 2 rings (SSSR count). The molecule has 2 aromatic rings. The van der Waals surface area contributed by atoms with Gasteiger partial charge in [0.05, 0.1) is 6.10 Å². The molecule has 0 radical (unpaired) electrons. The minimum absolute atomic E-state index is 0.491. The zero-order chi connectivity index (χ0) is 14.7. The molecule has 2 nitrogen and oxygen atoms in total. The number of rotatable bonds is 4. The number of benzene rings is 2. The minimum Gasteiger partial charge on any atom is -0.387 e. The van der Waals surface area contributed by atoms with Gasteiger partial charge in [-0.05, 0) is 56.0 Å². The first-order valence-corrected chi connectivity index (χ1v) is 7.04. The summed E-state index contributed by atoms with van der Waals surface area (Å²) in [5.74, 6) is 0. The zero-order valence-corrected chi connectivity index (χ0v) is 12.7. The topological polar surface area (TPSA) is 32.3 Å². The Balaban J connectivity index is 2.13. The van der Waals surface area contributed by atoms with E-state index in [4.69, 9.17) is 0 Å². The van der Waals surface area contributed by atoms with Crippen LogP contribution >= 0.6 is 0 Å². The third-order valence-corrected chi connectivity index (χ3v) is 3.70. The average Bonchev–Trinajstić information content (AvgIpc) is 2.36. The van der Waals surface area contributed by atoms with E-state index in [1.165, 1.54) is 11.1 Å². The van der Waals surface area contributed by atoms with Crippen LogP contribution in [0.4, 0.5) is 5.69 Å². The van der Waals surface area contributed by atoms with Crippen molar-refractivity contribution in [2.24, 2.45) is 0 Å². The van der Waals surface area contributed by atoms with Crippen LogP contribution < -0.4 is 5.32 Å². The predicted molar refractivity (Wildman–Crippen MR) is 85.3 cm³/mol. The maximum absolute atomic E-state index is 10.5. The first-order valence-electron chi connectivity index (χ1n) is 7.04.